The fourth-order valence-electron chi connectivity index (χ4n) is 3.77. The molecule has 1 aliphatic heterocycles. The molecule has 0 aliphatic carbocycles. The van der Waals surface area contributed by atoms with E-state index in [4.69, 9.17) is 4.74 Å². The Balaban J connectivity index is 2.26. The standard InChI is InChI=1S/C23H28N2O2/c1-6-13-24-22(26)21-17(16-9-7-8-10-19(16)27-5)11-12-18-20(21)15(2)14-23(3,4)25-18/h7-12,14,25H,6,13H2,1-5H3,(H,24,26). The van der Waals surface area contributed by atoms with Gasteiger partial charge in [0.1, 0.15) is 5.75 Å². The van der Waals surface area contributed by atoms with Crippen molar-refractivity contribution in [1.82, 2.24) is 5.32 Å². The van der Waals surface area contributed by atoms with Crippen LogP contribution >= 0.6 is 0 Å². The van der Waals surface area contributed by atoms with E-state index >= 15 is 0 Å². The first-order valence-corrected chi connectivity index (χ1v) is 9.44. The van der Waals surface area contributed by atoms with Crippen molar-refractivity contribution in [2.75, 3.05) is 19.0 Å². The average Bonchev–Trinajstić information content (AvgIpc) is 2.64. The van der Waals surface area contributed by atoms with E-state index in [0.29, 0.717) is 12.1 Å². The Hall–Kier alpha value is -2.75. The van der Waals surface area contributed by atoms with Gasteiger partial charge in [-0.1, -0.05) is 37.3 Å². The molecule has 0 unspecified atom stereocenters. The molecule has 0 aromatic heterocycles. The number of carbonyl (C=O) groups is 1. The number of rotatable bonds is 5. The predicted octanol–water partition coefficient (Wildman–Crippen LogP) is 5.11. The zero-order valence-corrected chi connectivity index (χ0v) is 16.8. The number of allylic oxidation sites excluding steroid dienone is 1. The van der Waals surface area contributed by atoms with Gasteiger partial charge in [-0.3, -0.25) is 4.79 Å². The number of nitrogens with one attached hydrogen (secondary N) is 2. The van der Waals surface area contributed by atoms with E-state index in [1.165, 1.54) is 0 Å². The van der Waals surface area contributed by atoms with Crippen LogP contribution in [0.4, 0.5) is 5.69 Å². The highest BCUT2D eigenvalue weighted by Crippen LogP contribution is 2.42. The van der Waals surface area contributed by atoms with Gasteiger partial charge < -0.3 is 15.4 Å². The van der Waals surface area contributed by atoms with Gasteiger partial charge in [-0.15, -0.1) is 0 Å². The van der Waals surface area contributed by atoms with Gasteiger partial charge in [0.2, 0.25) is 0 Å². The van der Waals surface area contributed by atoms with Gasteiger partial charge in [0.15, 0.2) is 0 Å². The maximum absolute atomic E-state index is 13.2. The Bertz CT molecular complexity index is 897. The zero-order valence-electron chi connectivity index (χ0n) is 16.8. The lowest BCUT2D eigenvalue weighted by Crippen LogP contribution is -2.33. The number of fused-ring (bicyclic) bond motifs is 1. The average molecular weight is 364 g/mol. The molecule has 0 atom stereocenters. The molecular weight excluding hydrogens is 336 g/mol. The van der Waals surface area contributed by atoms with Crippen LogP contribution in [0.5, 0.6) is 5.75 Å². The van der Waals surface area contributed by atoms with E-state index in [0.717, 1.165) is 40.1 Å². The second-order valence-corrected chi connectivity index (χ2v) is 7.54. The molecule has 1 heterocycles. The fourth-order valence-corrected chi connectivity index (χ4v) is 3.77. The van der Waals surface area contributed by atoms with Crippen LogP contribution in [0.2, 0.25) is 0 Å². The first kappa shape index (κ1) is 19.0. The van der Waals surface area contributed by atoms with E-state index in [9.17, 15) is 4.79 Å². The summed E-state index contributed by atoms with van der Waals surface area (Å²) in [6.45, 7) is 9.03. The molecule has 2 aromatic rings. The van der Waals surface area contributed by atoms with E-state index in [1.54, 1.807) is 7.11 Å². The Morgan fingerprint density at radius 2 is 1.89 bits per heavy atom. The minimum absolute atomic E-state index is 0.0520. The van der Waals surface area contributed by atoms with Crippen LogP contribution in [0, 0.1) is 0 Å². The molecule has 4 heteroatoms. The number of hydrogen-bond acceptors (Lipinski definition) is 3. The predicted molar refractivity (Wildman–Crippen MR) is 112 cm³/mol. The first-order chi connectivity index (χ1) is 12.9. The second-order valence-electron chi connectivity index (χ2n) is 7.54. The maximum Gasteiger partial charge on any atom is 0.252 e. The molecule has 4 nitrogen and oxygen atoms in total. The number of amides is 1. The van der Waals surface area contributed by atoms with Crippen molar-refractivity contribution in [3.8, 4) is 16.9 Å². The van der Waals surface area contributed by atoms with Crippen molar-refractivity contribution < 1.29 is 9.53 Å². The van der Waals surface area contributed by atoms with Gasteiger partial charge in [0, 0.05) is 23.4 Å². The lowest BCUT2D eigenvalue weighted by molar-refractivity contribution is 0.0954. The number of ether oxygens (including phenoxy) is 1. The van der Waals surface area contributed by atoms with Crippen molar-refractivity contribution in [2.24, 2.45) is 0 Å². The summed E-state index contributed by atoms with van der Waals surface area (Å²) in [6, 6.07) is 11.9. The highest BCUT2D eigenvalue weighted by atomic mass is 16.5. The van der Waals surface area contributed by atoms with Crippen LogP contribution in [0.25, 0.3) is 16.7 Å². The van der Waals surface area contributed by atoms with E-state index in [1.807, 2.05) is 30.3 Å². The number of benzene rings is 2. The van der Waals surface area contributed by atoms with Gasteiger partial charge in [-0.05, 0) is 50.5 Å². The van der Waals surface area contributed by atoms with Crippen molar-refractivity contribution in [2.45, 2.75) is 39.7 Å². The molecule has 0 fully saturated rings. The molecular formula is C23H28N2O2. The Morgan fingerprint density at radius 1 is 1.15 bits per heavy atom. The first-order valence-electron chi connectivity index (χ1n) is 9.44. The number of carbonyl (C=O) groups excluding carboxylic acids is 1. The highest BCUT2D eigenvalue weighted by molar-refractivity contribution is 6.08. The number of anilines is 1. The monoisotopic (exact) mass is 364 g/mol. The largest absolute Gasteiger partial charge is 0.496 e. The summed E-state index contributed by atoms with van der Waals surface area (Å²) in [5, 5.41) is 6.59. The molecule has 2 aromatic carbocycles. The lowest BCUT2D eigenvalue weighted by atomic mass is 9.84. The SMILES string of the molecule is CCCNC(=O)c1c(-c2ccccc2OC)ccc2c1C(C)=CC(C)(C)N2. The van der Waals surface area contributed by atoms with Crippen LogP contribution in [-0.4, -0.2) is 25.1 Å². The highest BCUT2D eigenvalue weighted by Gasteiger charge is 2.29. The number of para-hydroxylation sites is 1. The van der Waals surface area contributed by atoms with E-state index in [-0.39, 0.29) is 11.4 Å². The molecule has 0 saturated carbocycles. The molecule has 2 N–H and O–H groups in total. The molecule has 27 heavy (non-hydrogen) atoms. The van der Waals surface area contributed by atoms with Gasteiger partial charge >= 0.3 is 0 Å². The Labute approximate surface area is 161 Å². The molecule has 0 spiro atoms. The summed E-state index contributed by atoms with van der Waals surface area (Å²) in [7, 11) is 1.66. The summed E-state index contributed by atoms with van der Waals surface area (Å²) in [5.74, 6) is 0.705. The van der Waals surface area contributed by atoms with Crippen molar-refractivity contribution in [3.05, 3.63) is 53.6 Å². The van der Waals surface area contributed by atoms with E-state index < -0.39 is 0 Å². The van der Waals surface area contributed by atoms with Crippen LogP contribution in [0.3, 0.4) is 0 Å². The third kappa shape index (κ3) is 3.70. The minimum Gasteiger partial charge on any atom is -0.496 e. The van der Waals surface area contributed by atoms with Crippen LogP contribution in [-0.2, 0) is 0 Å². The summed E-state index contributed by atoms with van der Waals surface area (Å²) < 4.78 is 5.56. The quantitative estimate of drug-likeness (QED) is 0.775. The summed E-state index contributed by atoms with van der Waals surface area (Å²) in [5.41, 5.74) is 5.40. The maximum atomic E-state index is 13.2. The zero-order chi connectivity index (χ0) is 19.6. The lowest BCUT2D eigenvalue weighted by Gasteiger charge is -2.33. The van der Waals surface area contributed by atoms with Crippen molar-refractivity contribution in [1.29, 1.82) is 0 Å². The third-order valence-electron chi connectivity index (χ3n) is 4.79. The second kappa shape index (κ2) is 7.47. The molecule has 0 radical (unpaired) electrons. The van der Waals surface area contributed by atoms with Gasteiger partial charge in [-0.2, -0.15) is 0 Å². The molecule has 3 rings (SSSR count). The normalized spacial score (nSPS) is 14.6. The molecule has 1 aliphatic rings. The Morgan fingerprint density at radius 3 is 2.59 bits per heavy atom. The summed E-state index contributed by atoms with van der Waals surface area (Å²) >= 11 is 0. The Kier molecular flexibility index (Phi) is 5.26. The summed E-state index contributed by atoms with van der Waals surface area (Å²) in [4.78, 5) is 13.2. The van der Waals surface area contributed by atoms with Crippen LogP contribution in [0.15, 0.2) is 42.5 Å². The van der Waals surface area contributed by atoms with Gasteiger partial charge in [0.05, 0.1) is 18.2 Å². The van der Waals surface area contributed by atoms with Crippen molar-refractivity contribution in [3.63, 3.8) is 0 Å². The van der Waals surface area contributed by atoms with Crippen molar-refractivity contribution >= 4 is 17.2 Å². The number of methoxy groups -OCH3 is 1. The van der Waals surface area contributed by atoms with Gasteiger partial charge in [0.25, 0.3) is 5.91 Å². The van der Waals surface area contributed by atoms with Gasteiger partial charge in [-0.25, -0.2) is 0 Å². The third-order valence-corrected chi connectivity index (χ3v) is 4.79. The number of hydrogen-bond donors (Lipinski definition) is 2. The fraction of sp³-hybridized carbons (Fsp3) is 0.348. The summed E-state index contributed by atoms with van der Waals surface area (Å²) in [6.07, 6.45) is 3.07. The molecule has 0 saturated heterocycles. The van der Waals surface area contributed by atoms with E-state index in [2.05, 4.69) is 50.5 Å². The minimum atomic E-state index is -0.153. The molecule has 0 bridgehead atoms. The topological polar surface area (TPSA) is 50.4 Å². The smallest absolute Gasteiger partial charge is 0.252 e. The molecule has 1 amide bonds. The van der Waals surface area contributed by atoms with Crippen LogP contribution in [0.1, 0.15) is 50.0 Å². The molecule has 142 valence electrons. The van der Waals surface area contributed by atoms with Crippen LogP contribution < -0.4 is 15.4 Å².